The molecule has 0 aliphatic carbocycles. The Kier molecular flexibility index (Phi) is 4.18. The molecule has 0 fully saturated rings. The van der Waals surface area contributed by atoms with E-state index < -0.39 is 29.1 Å². The molecule has 0 bridgehead atoms. The molecule has 2 rings (SSSR count). The van der Waals surface area contributed by atoms with E-state index in [0.29, 0.717) is 0 Å². The Balaban J connectivity index is 2.53. The molecule has 1 nitrogen and oxygen atoms in total. The van der Waals surface area contributed by atoms with Crippen molar-refractivity contribution in [2.45, 2.75) is 6.10 Å². The van der Waals surface area contributed by atoms with Crippen LogP contribution in [0, 0.1) is 17.5 Å². The van der Waals surface area contributed by atoms with E-state index in [1.54, 1.807) is 0 Å². The zero-order valence-electron chi connectivity index (χ0n) is 9.30. The van der Waals surface area contributed by atoms with Gasteiger partial charge in [-0.1, -0.05) is 33.6 Å². The summed E-state index contributed by atoms with van der Waals surface area (Å²) in [5, 5.41) is 10.1. The summed E-state index contributed by atoms with van der Waals surface area (Å²) in [4.78, 5) is 0. The summed E-state index contributed by atoms with van der Waals surface area (Å²) in [6.45, 7) is 0. The van der Waals surface area contributed by atoms with E-state index in [4.69, 9.17) is 11.6 Å². The second-order valence-electron chi connectivity index (χ2n) is 3.85. The molecule has 1 unspecified atom stereocenters. The lowest BCUT2D eigenvalue weighted by atomic mass is 10.00. The van der Waals surface area contributed by atoms with Crippen LogP contribution >= 0.6 is 27.5 Å². The van der Waals surface area contributed by atoms with E-state index in [0.717, 1.165) is 18.2 Å². The fourth-order valence-electron chi connectivity index (χ4n) is 1.69. The average Bonchev–Trinajstić information content (AvgIpc) is 2.26. The van der Waals surface area contributed by atoms with Crippen LogP contribution < -0.4 is 0 Å². The van der Waals surface area contributed by atoms with Crippen molar-refractivity contribution in [1.82, 2.24) is 0 Å². The first-order valence-corrected chi connectivity index (χ1v) is 6.34. The van der Waals surface area contributed by atoms with Gasteiger partial charge in [-0.05, 0) is 24.3 Å². The van der Waals surface area contributed by atoms with Crippen molar-refractivity contribution in [2.75, 3.05) is 0 Å². The predicted molar refractivity (Wildman–Crippen MR) is 69.5 cm³/mol. The summed E-state index contributed by atoms with van der Waals surface area (Å²) in [5.74, 6) is -2.76. The van der Waals surface area contributed by atoms with Crippen LogP contribution in [0.15, 0.2) is 34.8 Å². The number of aliphatic hydroxyl groups is 1. The van der Waals surface area contributed by atoms with Crippen LogP contribution in [0.25, 0.3) is 0 Å². The molecule has 0 aliphatic heterocycles. The molecule has 1 N–H and O–H groups in total. The lowest BCUT2D eigenvalue weighted by Crippen LogP contribution is -2.08. The molecule has 0 aliphatic rings. The van der Waals surface area contributed by atoms with Gasteiger partial charge in [-0.15, -0.1) is 0 Å². The maximum Gasteiger partial charge on any atom is 0.133 e. The van der Waals surface area contributed by atoms with Gasteiger partial charge in [0.25, 0.3) is 0 Å². The summed E-state index contributed by atoms with van der Waals surface area (Å²) < 4.78 is 41.2. The van der Waals surface area contributed by atoms with Crippen molar-refractivity contribution in [3.63, 3.8) is 0 Å². The molecule has 2 aromatic rings. The van der Waals surface area contributed by atoms with Crippen LogP contribution in [0.2, 0.25) is 5.02 Å². The van der Waals surface area contributed by atoms with Gasteiger partial charge in [-0.3, -0.25) is 0 Å². The first-order chi connectivity index (χ1) is 8.90. The predicted octanol–water partition coefficient (Wildman–Crippen LogP) is 4.60. The molecule has 0 amide bonds. The van der Waals surface area contributed by atoms with Gasteiger partial charge in [-0.2, -0.15) is 0 Å². The molecule has 0 saturated heterocycles. The summed E-state index contributed by atoms with van der Waals surface area (Å²) in [5.41, 5.74) is -0.853. The number of hydrogen-bond acceptors (Lipinski definition) is 1. The zero-order chi connectivity index (χ0) is 14.2. The molecule has 0 saturated carbocycles. The third-order valence-corrected chi connectivity index (χ3v) is 3.27. The van der Waals surface area contributed by atoms with E-state index in [2.05, 4.69) is 15.9 Å². The van der Waals surface area contributed by atoms with Gasteiger partial charge >= 0.3 is 0 Å². The minimum Gasteiger partial charge on any atom is -0.383 e. The van der Waals surface area contributed by atoms with Gasteiger partial charge in [0.1, 0.15) is 23.6 Å². The third-order valence-electron chi connectivity index (χ3n) is 2.57. The number of halogens is 5. The number of aliphatic hydroxyl groups excluding tert-OH is 1. The van der Waals surface area contributed by atoms with Gasteiger partial charge in [-0.25, -0.2) is 13.2 Å². The van der Waals surface area contributed by atoms with Gasteiger partial charge in [0.2, 0.25) is 0 Å². The number of rotatable bonds is 2. The molecule has 0 heterocycles. The SMILES string of the molecule is OC(c1ccc(Cl)cc1F)c1c(F)cc(Br)cc1F. The van der Waals surface area contributed by atoms with Crippen molar-refractivity contribution in [2.24, 2.45) is 0 Å². The standard InChI is InChI=1S/C13H7BrClF3O/c14-6-3-10(17)12(11(18)4-6)13(19)8-2-1-7(15)5-9(8)16/h1-5,13,19H. The molecular weight excluding hydrogens is 344 g/mol. The van der Waals surface area contributed by atoms with Crippen LogP contribution in [0.4, 0.5) is 13.2 Å². The average molecular weight is 352 g/mol. The van der Waals surface area contributed by atoms with E-state index in [-0.39, 0.29) is 15.1 Å². The van der Waals surface area contributed by atoms with Crippen LogP contribution in [0.5, 0.6) is 0 Å². The van der Waals surface area contributed by atoms with Crippen LogP contribution in [0.3, 0.4) is 0 Å². The second-order valence-corrected chi connectivity index (χ2v) is 5.20. The largest absolute Gasteiger partial charge is 0.383 e. The minimum absolute atomic E-state index is 0.130. The molecule has 6 heteroatoms. The van der Waals surface area contributed by atoms with Crippen molar-refractivity contribution in [3.05, 3.63) is 68.4 Å². The Hall–Kier alpha value is -1.04. The molecule has 0 aromatic heterocycles. The normalized spacial score (nSPS) is 12.5. The summed E-state index contributed by atoms with van der Waals surface area (Å²) >= 11 is 8.50. The number of hydrogen-bond donors (Lipinski definition) is 1. The molecule has 2 aromatic carbocycles. The maximum atomic E-state index is 13.7. The molecular formula is C13H7BrClF3O. The van der Waals surface area contributed by atoms with Crippen molar-refractivity contribution < 1.29 is 18.3 Å². The van der Waals surface area contributed by atoms with Gasteiger partial charge < -0.3 is 5.11 Å². The highest BCUT2D eigenvalue weighted by atomic mass is 79.9. The van der Waals surface area contributed by atoms with Crippen LogP contribution in [0.1, 0.15) is 17.2 Å². The molecule has 0 spiro atoms. The molecule has 19 heavy (non-hydrogen) atoms. The highest BCUT2D eigenvalue weighted by Crippen LogP contribution is 2.31. The third kappa shape index (κ3) is 2.94. The topological polar surface area (TPSA) is 20.2 Å². The lowest BCUT2D eigenvalue weighted by molar-refractivity contribution is 0.204. The summed E-state index contributed by atoms with van der Waals surface area (Å²) in [7, 11) is 0. The van der Waals surface area contributed by atoms with E-state index in [1.165, 1.54) is 12.1 Å². The first kappa shape index (κ1) is 14.4. The van der Waals surface area contributed by atoms with Gasteiger partial charge in [0.05, 0.1) is 5.56 Å². The van der Waals surface area contributed by atoms with Crippen LogP contribution in [-0.2, 0) is 0 Å². The second kappa shape index (κ2) is 5.53. The van der Waals surface area contributed by atoms with Crippen LogP contribution in [-0.4, -0.2) is 5.11 Å². The Morgan fingerprint density at radius 3 is 2.11 bits per heavy atom. The summed E-state index contributed by atoms with van der Waals surface area (Å²) in [6, 6.07) is 5.47. The van der Waals surface area contributed by atoms with Gasteiger partial charge in [0.15, 0.2) is 0 Å². The van der Waals surface area contributed by atoms with E-state index in [9.17, 15) is 18.3 Å². The zero-order valence-corrected chi connectivity index (χ0v) is 11.6. The maximum absolute atomic E-state index is 13.7. The van der Waals surface area contributed by atoms with Crippen molar-refractivity contribution >= 4 is 27.5 Å². The highest BCUT2D eigenvalue weighted by molar-refractivity contribution is 9.10. The van der Waals surface area contributed by atoms with E-state index >= 15 is 0 Å². The molecule has 100 valence electrons. The van der Waals surface area contributed by atoms with E-state index in [1.807, 2.05) is 0 Å². The smallest absolute Gasteiger partial charge is 0.133 e. The quantitative estimate of drug-likeness (QED) is 0.838. The Labute approximate surface area is 120 Å². The molecule has 0 radical (unpaired) electrons. The Morgan fingerprint density at radius 2 is 1.58 bits per heavy atom. The Morgan fingerprint density at radius 1 is 1.00 bits per heavy atom. The first-order valence-electron chi connectivity index (χ1n) is 5.17. The van der Waals surface area contributed by atoms with Gasteiger partial charge in [0, 0.05) is 15.1 Å². The lowest BCUT2D eigenvalue weighted by Gasteiger charge is -2.14. The summed E-state index contributed by atoms with van der Waals surface area (Å²) in [6.07, 6.45) is -1.75. The van der Waals surface area contributed by atoms with Crippen molar-refractivity contribution in [1.29, 1.82) is 0 Å². The fraction of sp³-hybridized carbons (Fsp3) is 0.0769. The minimum atomic E-state index is -1.75. The highest BCUT2D eigenvalue weighted by Gasteiger charge is 2.23. The monoisotopic (exact) mass is 350 g/mol. The fourth-order valence-corrected chi connectivity index (χ4v) is 2.25. The Bertz CT molecular complexity index is 610. The number of benzene rings is 2. The molecule has 1 atom stereocenters. The van der Waals surface area contributed by atoms with Crippen molar-refractivity contribution in [3.8, 4) is 0 Å².